The molecule has 0 aromatic carbocycles. The van der Waals surface area contributed by atoms with E-state index < -0.39 is 0 Å². The molecule has 1 aromatic rings. The molecule has 0 saturated carbocycles. The Morgan fingerprint density at radius 1 is 1.38 bits per heavy atom. The fraction of sp³-hybridized carbons (Fsp3) is 0.636. The van der Waals surface area contributed by atoms with Gasteiger partial charge in [-0.1, -0.05) is 18.5 Å². The van der Waals surface area contributed by atoms with Crippen LogP contribution >= 0.6 is 11.6 Å². The van der Waals surface area contributed by atoms with E-state index in [4.69, 9.17) is 11.6 Å². The second kappa shape index (κ2) is 6.53. The van der Waals surface area contributed by atoms with Gasteiger partial charge >= 0.3 is 0 Å². The van der Waals surface area contributed by atoms with E-state index in [0.29, 0.717) is 11.0 Å². The van der Waals surface area contributed by atoms with Gasteiger partial charge in [-0.2, -0.15) is 4.98 Å². The van der Waals surface area contributed by atoms with Crippen molar-refractivity contribution in [2.75, 3.05) is 29.9 Å². The molecule has 0 amide bonds. The van der Waals surface area contributed by atoms with Crippen LogP contribution in [0.3, 0.4) is 0 Å². The van der Waals surface area contributed by atoms with Crippen molar-refractivity contribution >= 4 is 23.4 Å². The summed E-state index contributed by atoms with van der Waals surface area (Å²) in [6.07, 6.45) is 2.73. The van der Waals surface area contributed by atoms with Crippen LogP contribution in [0, 0.1) is 0 Å². The summed E-state index contributed by atoms with van der Waals surface area (Å²) in [6, 6.07) is 0. The van der Waals surface area contributed by atoms with Gasteiger partial charge in [0, 0.05) is 19.6 Å². The van der Waals surface area contributed by atoms with E-state index in [0.717, 1.165) is 31.9 Å². The lowest BCUT2D eigenvalue weighted by Gasteiger charge is -2.22. The van der Waals surface area contributed by atoms with Crippen LogP contribution in [0.5, 0.6) is 0 Å². The Balaban J connectivity index is 2.94. The second-order valence-electron chi connectivity index (χ2n) is 3.48. The van der Waals surface area contributed by atoms with Crippen molar-refractivity contribution in [2.45, 2.75) is 27.2 Å². The number of nitrogens with zero attached hydrogens (tertiary/aromatic N) is 3. The Kier molecular flexibility index (Phi) is 5.32. The molecule has 4 nitrogen and oxygen atoms in total. The molecule has 0 aliphatic rings. The van der Waals surface area contributed by atoms with Gasteiger partial charge in [0.2, 0.25) is 5.95 Å². The van der Waals surface area contributed by atoms with E-state index in [1.54, 1.807) is 6.20 Å². The topological polar surface area (TPSA) is 41.1 Å². The lowest BCUT2D eigenvalue weighted by Crippen LogP contribution is -2.25. The van der Waals surface area contributed by atoms with Crippen molar-refractivity contribution in [1.29, 1.82) is 0 Å². The molecule has 0 bridgehead atoms. The van der Waals surface area contributed by atoms with Gasteiger partial charge in [0.15, 0.2) is 5.82 Å². The molecule has 0 aliphatic carbocycles. The predicted octanol–water partition coefficient (Wildman–Crippen LogP) is 2.80. The Labute approximate surface area is 102 Å². The molecular formula is C11H19ClN4. The van der Waals surface area contributed by atoms with Gasteiger partial charge in [0.25, 0.3) is 0 Å². The summed E-state index contributed by atoms with van der Waals surface area (Å²) >= 11 is 6.11. The van der Waals surface area contributed by atoms with Gasteiger partial charge in [0.05, 0.1) is 6.20 Å². The van der Waals surface area contributed by atoms with E-state index in [2.05, 4.69) is 34.0 Å². The smallest absolute Gasteiger partial charge is 0.224 e. The Morgan fingerprint density at radius 2 is 2.12 bits per heavy atom. The highest BCUT2D eigenvalue weighted by Crippen LogP contribution is 2.23. The van der Waals surface area contributed by atoms with Gasteiger partial charge in [-0.3, -0.25) is 0 Å². The maximum absolute atomic E-state index is 6.11. The van der Waals surface area contributed by atoms with Crippen LogP contribution in [0.2, 0.25) is 5.02 Å². The van der Waals surface area contributed by atoms with Crippen LogP contribution in [0.15, 0.2) is 6.20 Å². The molecule has 90 valence electrons. The molecule has 1 N–H and O–H groups in total. The lowest BCUT2D eigenvalue weighted by atomic mass is 10.4. The minimum absolute atomic E-state index is 0.608. The maximum Gasteiger partial charge on any atom is 0.224 e. The van der Waals surface area contributed by atoms with Crippen molar-refractivity contribution in [3.63, 3.8) is 0 Å². The molecule has 16 heavy (non-hydrogen) atoms. The van der Waals surface area contributed by atoms with Crippen LogP contribution in [0.25, 0.3) is 0 Å². The SMILES string of the molecule is CCCN(CC)c1nc(NCC)ncc1Cl. The zero-order valence-electron chi connectivity index (χ0n) is 10.1. The van der Waals surface area contributed by atoms with Crippen LogP contribution in [0.4, 0.5) is 11.8 Å². The van der Waals surface area contributed by atoms with Crippen molar-refractivity contribution in [3.8, 4) is 0 Å². The molecule has 0 fully saturated rings. The largest absolute Gasteiger partial charge is 0.356 e. The third kappa shape index (κ3) is 3.23. The molecule has 1 heterocycles. The summed E-state index contributed by atoms with van der Waals surface area (Å²) in [5.41, 5.74) is 0. The van der Waals surface area contributed by atoms with Crippen LogP contribution < -0.4 is 10.2 Å². The first-order valence-electron chi connectivity index (χ1n) is 5.74. The van der Waals surface area contributed by atoms with Gasteiger partial charge in [-0.05, 0) is 20.3 Å². The maximum atomic E-state index is 6.11. The quantitative estimate of drug-likeness (QED) is 0.833. The molecule has 0 saturated heterocycles. The van der Waals surface area contributed by atoms with E-state index >= 15 is 0 Å². The third-order valence-electron chi connectivity index (χ3n) is 2.24. The van der Waals surface area contributed by atoms with Gasteiger partial charge in [-0.15, -0.1) is 0 Å². The number of rotatable bonds is 6. The lowest BCUT2D eigenvalue weighted by molar-refractivity contribution is 0.776. The molecule has 0 atom stereocenters. The highest BCUT2D eigenvalue weighted by atomic mass is 35.5. The molecule has 1 aromatic heterocycles. The van der Waals surface area contributed by atoms with Crippen LogP contribution in [0.1, 0.15) is 27.2 Å². The summed E-state index contributed by atoms with van der Waals surface area (Å²) in [5.74, 6) is 1.45. The average molecular weight is 243 g/mol. The fourth-order valence-electron chi connectivity index (χ4n) is 1.51. The minimum atomic E-state index is 0.608. The molecule has 0 unspecified atom stereocenters. The molecule has 0 radical (unpaired) electrons. The van der Waals surface area contributed by atoms with E-state index in [1.807, 2.05) is 6.92 Å². The summed E-state index contributed by atoms with van der Waals surface area (Å²) < 4.78 is 0. The number of anilines is 2. The summed E-state index contributed by atoms with van der Waals surface area (Å²) in [5, 5.41) is 3.70. The van der Waals surface area contributed by atoms with Crippen molar-refractivity contribution in [1.82, 2.24) is 9.97 Å². The average Bonchev–Trinajstić information content (AvgIpc) is 2.29. The van der Waals surface area contributed by atoms with Gasteiger partial charge in [-0.25, -0.2) is 4.98 Å². The molecule has 0 spiro atoms. The Hall–Kier alpha value is -1.03. The normalized spacial score (nSPS) is 10.2. The summed E-state index contributed by atoms with van der Waals surface area (Å²) in [7, 11) is 0. The third-order valence-corrected chi connectivity index (χ3v) is 2.50. The highest BCUT2D eigenvalue weighted by Gasteiger charge is 2.11. The fourth-order valence-corrected chi connectivity index (χ4v) is 1.72. The molecular weight excluding hydrogens is 224 g/mol. The number of hydrogen-bond donors (Lipinski definition) is 1. The number of hydrogen-bond acceptors (Lipinski definition) is 4. The number of aromatic nitrogens is 2. The first kappa shape index (κ1) is 13.0. The number of halogens is 1. The molecule has 1 rings (SSSR count). The Bertz CT molecular complexity index is 330. The van der Waals surface area contributed by atoms with Crippen molar-refractivity contribution in [3.05, 3.63) is 11.2 Å². The highest BCUT2D eigenvalue weighted by molar-refractivity contribution is 6.32. The molecule has 5 heteroatoms. The van der Waals surface area contributed by atoms with Crippen molar-refractivity contribution in [2.24, 2.45) is 0 Å². The van der Waals surface area contributed by atoms with E-state index in [-0.39, 0.29) is 0 Å². The predicted molar refractivity (Wildman–Crippen MR) is 69.4 cm³/mol. The summed E-state index contributed by atoms with van der Waals surface area (Å²) in [6.45, 7) is 8.92. The summed E-state index contributed by atoms with van der Waals surface area (Å²) in [4.78, 5) is 10.7. The van der Waals surface area contributed by atoms with Crippen LogP contribution in [-0.2, 0) is 0 Å². The van der Waals surface area contributed by atoms with Crippen LogP contribution in [-0.4, -0.2) is 29.6 Å². The number of nitrogens with one attached hydrogen (secondary N) is 1. The zero-order valence-corrected chi connectivity index (χ0v) is 10.9. The second-order valence-corrected chi connectivity index (χ2v) is 3.88. The zero-order chi connectivity index (χ0) is 12.0. The molecule has 0 aliphatic heterocycles. The first-order valence-corrected chi connectivity index (χ1v) is 6.12. The monoisotopic (exact) mass is 242 g/mol. The van der Waals surface area contributed by atoms with Crippen molar-refractivity contribution < 1.29 is 0 Å². The minimum Gasteiger partial charge on any atom is -0.356 e. The standard InChI is InChI=1S/C11H19ClN4/c1-4-7-16(6-3)10-9(12)8-14-11(15-10)13-5-2/h8H,4-7H2,1-3H3,(H,13,14,15). The first-order chi connectivity index (χ1) is 7.72. The van der Waals surface area contributed by atoms with E-state index in [9.17, 15) is 0 Å². The van der Waals surface area contributed by atoms with Gasteiger partial charge in [0.1, 0.15) is 5.02 Å². The van der Waals surface area contributed by atoms with Gasteiger partial charge < -0.3 is 10.2 Å². The Morgan fingerprint density at radius 3 is 2.69 bits per heavy atom. The van der Waals surface area contributed by atoms with E-state index in [1.165, 1.54) is 0 Å².